The Bertz CT molecular complexity index is 1060. The van der Waals surface area contributed by atoms with Crippen molar-refractivity contribution in [3.8, 4) is 5.75 Å². The van der Waals surface area contributed by atoms with Crippen LogP contribution in [0.4, 0.5) is 5.69 Å². The lowest BCUT2D eigenvalue weighted by Crippen LogP contribution is -2.51. The number of carbonyl (C=O) groups excluding carboxylic acids is 3. The van der Waals surface area contributed by atoms with Crippen molar-refractivity contribution >= 4 is 78.7 Å². The molecule has 0 spiro atoms. The van der Waals surface area contributed by atoms with Crippen LogP contribution in [0.25, 0.3) is 6.08 Å². The summed E-state index contributed by atoms with van der Waals surface area (Å²) in [5.74, 6) is -1.30. The molecule has 3 rings (SSSR count). The summed E-state index contributed by atoms with van der Waals surface area (Å²) in [4.78, 5) is 36.5. The topological polar surface area (TPSA) is 96.5 Å². The summed E-state index contributed by atoms with van der Waals surface area (Å²) in [7, 11) is 0. The molecule has 7 nitrogen and oxygen atoms in total. The van der Waals surface area contributed by atoms with Crippen LogP contribution in [0, 0.1) is 6.92 Å². The van der Waals surface area contributed by atoms with Gasteiger partial charge >= 0.3 is 0 Å². The molecule has 1 heterocycles. The first-order chi connectivity index (χ1) is 14.2. The van der Waals surface area contributed by atoms with Crippen LogP contribution < -0.4 is 20.7 Å². The van der Waals surface area contributed by atoms with Gasteiger partial charge in [-0.1, -0.05) is 33.6 Å². The van der Waals surface area contributed by atoms with Gasteiger partial charge in [-0.3, -0.25) is 25.0 Å². The Labute approximate surface area is 194 Å². The van der Waals surface area contributed by atoms with Crippen molar-refractivity contribution in [2.24, 2.45) is 0 Å². The predicted molar refractivity (Wildman–Crippen MR) is 124 cm³/mol. The molecule has 1 aliphatic heterocycles. The minimum atomic E-state index is -0.622. The van der Waals surface area contributed by atoms with E-state index >= 15 is 0 Å². The first-order valence-corrected chi connectivity index (χ1v) is 10.6. The number of hydrogen-bond donors (Lipinski definition) is 3. The van der Waals surface area contributed by atoms with Gasteiger partial charge in [0.1, 0.15) is 11.3 Å². The lowest BCUT2D eigenvalue weighted by molar-refractivity contribution is -0.123. The van der Waals surface area contributed by atoms with Gasteiger partial charge < -0.3 is 10.1 Å². The standard InChI is InChI=1S/C20H15Br2N3O4S/c1-10-2-4-13(5-3-10)23-16(26)9-29-17-11(6-12(21)8-15(17)22)7-14-18(27)24-20(30)25-19(14)28/h2-8H,9H2,1H3,(H,23,26)(H2,24,25,27,28,30). The third kappa shape index (κ3) is 5.53. The summed E-state index contributed by atoms with van der Waals surface area (Å²) in [5.41, 5.74) is 2.02. The molecule has 3 N–H and O–H groups in total. The Morgan fingerprint density at radius 1 is 1.13 bits per heavy atom. The van der Waals surface area contributed by atoms with E-state index in [1.165, 1.54) is 6.08 Å². The molecule has 154 valence electrons. The maximum absolute atomic E-state index is 12.3. The molecule has 1 fully saturated rings. The van der Waals surface area contributed by atoms with E-state index in [0.717, 1.165) is 5.56 Å². The van der Waals surface area contributed by atoms with Crippen molar-refractivity contribution in [2.75, 3.05) is 11.9 Å². The number of carbonyl (C=O) groups is 3. The number of halogens is 2. The fraction of sp³-hybridized carbons (Fsp3) is 0.100. The highest BCUT2D eigenvalue weighted by atomic mass is 79.9. The summed E-state index contributed by atoms with van der Waals surface area (Å²) in [6.45, 7) is 1.68. The van der Waals surface area contributed by atoms with Gasteiger partial charge in [0.15, 0.2) is 11.7 Å². The van der Waals surface area contributed by atoms with Crippen LogP contribution in [0.5, 0.6) is 5.75 Å². The first-order valence-electron chi connectivity index (χ1n) is 8.59. The van der Waals surface area contributed by atoms with Crippen molar-refractivity contribution in [3.05, 3.63) is 62.0 Å². The van der Waals surface area contributed by atoms with Crippen LogP contribution in [0.3, 0.4) is 0 Å². The van der Waals surface area contributed by atoms with E-state index in [4.69, 9.17) is 17.0 Å². The van der Waals surface area contributed by atoms with Crippen LogP contribution in [0.1, 0.15) is 11.1 Å². The first kappa shape index (κ1) is 22.1. The quantitative estimate of drug-likeness (QED) is 0.300. The highest BCUT2D eigenvalue weighted by Gasteiger charge is 2.26. The maximum Gasteiger partial charge on any atom is 0.263 e. The van der Waals surface area contributed by atoms with E-state index < -0.39 is 11.8 Å². The van der Waals surface area contributed by atoms with Gasteiger partial charge in [0, 0.05) is 15.7 Å². The van der Waals surface area contributed by atoms with Crippen molar-refractivity contribution in [2.45, 2.75) is 6.92 Å². The molecule has 0 aliphatic carbocycles. The van der Waals surface area contributed by atoms with E-state index in [1.54, 1.807) is 24.3 Å². The summed E-state index contributed by atoms with van der Waals surface area (Å²) >= 11 is 11.6. The van der Waals surface area contributed by atoms with Crippen molar-refractivity contribution < 1.29 is 19.1 Å². The lowest BCUT2D eigenvalue weighted by atomic mass is 10.1. The summed E-state index contributed by atoms with van der Waals surface area (Å²) in [5, 5.41) is 7.44. The minimum absolute atomic E-state index is 0.0539. The summed E-state index contributed by atoms with van der Waals surface area (Å²) in [6, 6.07) is 10.8. The third-order valence-corrected chi connectivity index (χ3v) is 5.21. The molecule has 1 aliphatic rings. The maximum atomic E-state index is 12.3. The Morgan fingerprint density at radius 3 is 2.40 bits per heavy atom. The molecule has 0 bridgehead atoms. The molecule has 0 atom stereocenters. The second-order valence-electron chi connectivity index (χ2n) is 6.30. The average molecular weight is 553 g/mol. The smallest absolute Gasteiger partial charge is 0.263 e. The molecule has 0 unspecified atom stereocenters. The Kier molecular flexibility index (Phi) is 7.01. The molecule has 0 saturated carbocycles. The number of thiocarbonyl (C=S) groups is 1. The predicted octanol–water partition coefficient (Wildman–Crippen LogP) is 3.45. The lowest BCUT2D eigenvalue weighted by Gasteiger charge is -2.17. The van der Waals surface area contributed by atoms with Crippen molar-refractivity contribution in [1.29, 1.82) is 0 Å². The van der Waals surface area contributed by atoms with Crippen LogP contribution in [-0.4, -0.2) is 29.4 Å². The van der Waals surface area contributed by atoms with Gasteiger partial charge in [-0.15, -0.1) is 0 Å². The highest BCUT2D eigenvalue weighted by Crippen LogP contribution is 2.34. The minimum Gasteiger partial charge on any atom is -0.482 e. The number of amides is 3. The van der Waals surface area contributed by atoms with E-state index in [2.05, 4.69) is 47.8 Å². The number of rotatable bonds is 5. The van der Waals surface area contributed by atoms with Crippen LogP contribution in [0.15, 0.2) is 50.9 Å². The van der Waals surface area contributed by atoms with E-state index in [9.17, 15) is 14.4 Å². The van der Waals surface area contributed by atoms with Crippen LogP contribution in [0.2, 0.25) is 0 Å². The molecule has 0 radical (unpaired) electrons. The monoisotopic (exact) mass is 551 g/mol. The van der Waals surface area contributed by atoms with Crippen LogP contribution >= 0.6 is 44.1 Å². The zero-order valence-electron chi connectivity index (χ0n) is 15.5. The fourth-order valence-corrected chi connectivity index (χ4v) is 4.13. The van der Waals surface area contributed by atoms with E-state index in [-0.39, 0.29) is 23.2 Å². The van der Waals surface area contributed by atoms with E-state index in [1.807, 2.05) is 19.1 Å². The Balaban J connectivity index is 1.81. The highest BCUT2D eigenvalue weighted by molar-refractivity contribution is 9.11. The average Bonchev–Trinajstić information content (AvgIpc) is 2.65. The number of nitrogens with one attached hydrogen (secondary N) is 3. The third-order valence-electron chi connectivity index (χ3n) is 3.96. The molecule has 2 aromatic carbocycles. The van der Waals surface area contributed by atoms with E-state index in [0.29, 0.717) is 25.9 Å². The van der Waals surface area contributed by atoms with Crippen molar-refractivity contribution in [1.82, 2.24) is 10.6 Å². The van der Waals surface area contributed by atoms with Crippen molar-refractivity contribution in [3.63, 3.8) is 0 Å². The fourth-order valence-electron chi connectivity index (χ4n) is 2.57. The Morgan fingerprint density at radius 2 is 1.77 bits per heavy atom. The van der Waals surface area contributed by atoms with Gasteiger partial charge in [0.05, 0.1) is 4.47 Å². The second-order valence-corrected chi connectivity index (χ2v) is 8.48. The number of benzene rings is 2. The summed E-state index contributed by atoms with van der Waals surface area (Å²) in [6.07, 6.45) is 1.37. The molecule has 3 amide bonds. The van der Waals surface area contributed by atoms with Gasteiger partial charge in [0.2, 0.25) is 0 Å². The van der Waals surface area contributed by atoms with Crippen LogP contribution in [-0.2, 0) is 14.4 Å². The normalized spacial score (nSPS) is 13.4. The Hall–Kier alpha value is -2.56. The zero-order chi connectivity index (χ0) is 21.8. The number of aryl methyl sites for hydroxylation is 1. The van der Waals surface area contributed by atoms with Gasteiger partial charge in [-0.25, -0.2) is 0 Å². The number of hydrogen-bond acceptors (Lipinski definition) is 5. The molecule has 2 aromatic rings. The molecule has 30 heavy (non-hydrogen) atoms. The number of ether oxygens (including phenoxy) is 1. The van der Waals surface area contributed by atoms with Gasteiger partial charge in [-0.2, -0.15) is 0 Å². The summed E-state index contributed by atoms with van der Waals surface area (Å²) < 4.78 is 6.93. The second kappa shape index (κ2) is 9.50. The molecule has 1 saturated heterocycles. The van der Waals surface area contributed by atoms with Gasteiger partial charge in [-0.05, 0) is 65.4 Å². The number of anilines is 1. The SMILES string of the molecule is Cc1ccc(NC(=O)COc2c(Br)cc(Br)cc2C=C2C(=O)NC(=S)NC2=O)cc1. The molecular weight excluding hydrogens is 538 g/mol. The molecular formula is C20H15Br2N3O4S. The zero-order valence-corrected chi connectivity index (χ0v) is 19.5. The molecule has 0 aromatic heterocycles. The van der Waals surface area contributed by atoms with Gasteiger partial charge in [0.25, 0.3) is 17.7 Å². The molecule has 10 heteroatoms. The largest absolute Gasteiger partial charge is 0.482 e.